The molecule has 3 amide bonds. The number of urea groups is 1. The summed E-state index contributed by atoms with van der Waals surface area (Å²) in [5.41, 5.74) is 1.26. The molecular weight excluding hydrogens is 433 g/mol. The van der Waals surface area contributed by atoms with Gasteiger partial charge in [0.05, 0.1) is 17.0 Å². The molecule has 156 valence electrons. The topological polar surface area (TPSA) is 143 Å². The molecule has 30 heavy (non-hydrogen) atoms. The maximum absolute atomic E-state index is 12.9. The van der Waals surface area contributed by atoms with Crippen molar-refractivity contribution >= 4 is 49.8 Å². The van der Waals surface area contributed by atoms with Crippen molar-refractivity contribution in [3.8, 4) is 0 Å². The highest BCUT2D eigenvalue weighted by molar-refractivity contribution is 7.89. The molecule has 0 aliphatic carbocycles. The molecule has 0 radical (unpaired) electrons. The number of nitrogens with zero attached hydrogens (tertiary/aromatic N) is 1. The zero-order valence-corrected chi connectivity index (χ0v) is 16.9. The first-order chi connectivity index (χ1) is 14.2. The van der Waals surface area contributed by atoms with Gasteiger partial charge in [0.2, 0.25) is 15.9 Å². The van der Waals surface area contributed by atoms with Gasteiger partial charge in [-0.15, -0.1) is 11.3 Å². The van der Waals surface area contributed by atoms with E-state index in [2.05, 4.69) is 20.9 Å². The molecule has 0 spiro atoms. The summed E-state index contributed by atoms with van der Waals surface area (Å²) in [4.78, 5) is 28.2. The second kappa shape index (κ2) is 8.98. The van der Waals surface area contributed by atoms with E-state index >= 15 is 0 Å². The Bertz CT molecular complexity index is 1160. The maximum atomic E-state index is 12.9. The third-order valence-electron chi connectivity index (χ3n) is 3.68. The van der Waals surface area contributed by atoms with Crippen LogP contribution in [-0.2, 0) is 21.2 Å². The highest BCUT2D eigenvalue weighted by Gasteiger charge is 2.12. The van der Waals surface area contributed by atoms with Crippen LogP contribution in [0.15, 0.2) is 58.8 Å². The number of aromatic nitrogens is 1. The first-order valence-electron chi connectivity index (χ1n) is 8.40. The standard InChI is InChI=1S/C18H16FN5O4S2/c19-11-1-3-13(4-2-11)22-17(26)24-18-23-14(10-29-18)9-16(25)21-12-5-7-15(8-6-12)30(20,27)28/h1-8,10H,9H2,(H,21,25)(H2,20,27,28)(H2,22,23,24,26). The van der Waals surface area contributed by atoms with Crippen LogP contribution in [0.3, 0.4) is 0 Å². The van der Waals surface area contributed by atoms with Crippen molar-refractivity contribution in [3.63, 3.8) is 0 Å². The predicted molar refractivity (Wildman–Crippen MR) is 111 cm³/mol. The number of rotatable bonds is 6. The number of thiazole rings is 1. The summed E-state index contributed by atoms with van der Waals surface area (Å²) in [7, 11) is -3.80. The van der Waals surface area contributed by atoms with E-state index < -0.39 is 21.9 Å². The van der Waals surface area contributed by atoms with Crippen LogP contribution < -0.4 is 21.1 Å². The quantitative estimate of drug-likeness (QED) is 0.457. The van der Waals surface area contributed by atoms with Crippen LogP contribution in [0.5, 0.6) is 0 Å². The van der Waals surface area contributed by atoms with Crippen LogP contribution in [0.4, 0.5) is 25.7 Å². The second-order valence-corrected chi connectivity index (χ2v) is 8.44. The predicted octanol–water partition coefficient (Wildman–Crippen LogP) is 2.75. The summed E-state index contributed by atoms with van der Waals surface area (Å²) >= 11 is 1.14. The average Bonchev–Trinajstić information content (AvgIpc) is 3.09. The maximum Gasteiger partial charge on any atom is 0.325 e. The summed E-state index contributed by atoms with van der Waals surface area (Å²) in [6.07, 6.45) is -0.0469. The zero-order chi connectivity index (χ0) is 21.7. The molecule has 5 N–H and O–H groups in total. The molecule has 0 aliphatic rings. The van der Waals surface area contributed by atoms with E-state index in [1.807, 2.05) is 0 Å². The fourth-order valence-electron chi connectivity index (χ4n) is 2.34. The molecule has 1 heterocycles. The smallest absolute Gasteiger partial charge is 0.325 e. The average molecular weight is 449 g/mol. The van der Waals surface area contributed by atoms with Gasteiger partial charge in [0.1, 0.15) is 5.82 Å². The third-order valence-corrected chi connectivity index (χ3v) is 5.42. The zero-order valence-electron chi connectivity index (χ0n) is 15.3. The number of halogens is 1. The lowest BCUT2D eigenvalue weighted by molar-refractivity contribution is -0.115. The SMILES string of the molecule is NS(=O)(=O)c1ccc(NC(=O)Cc2csc(NC(=O)Nc3ccc(F)cc3)n2)cc1. The highest BCUT2D eigenvalue weighted by atomic mass is 32.2. The number of benzene rings is 2. The van der Waals surface area contributed by atoms with Gasteiger partial charge in [0.15, 0.2) is 5.13 Å². The minimum absolute atomic E-state index is 0.0469. The molecule has 0 saturated carbocycles. The van der Waals surface area contributed by atoms with Crippen molar-refractivity contribution in [1.29, 1.82) is 0 Å². The van der Waals surface area contributed by atoms with Gasteiger partial charge in [0.25, 0.3) is 0 Å². The molecule has 12 heteroatoms. The lowest BCUT2D eigenvalue weighted by Crippen LogP contribution is -2.19. The molecule has 0 saturated heterocycles. The van der Waals surface area contributed by atoms with Crippen molar-refractivity contribution in [1.82, 2.24) is 4.98 Å². The Labute approximate surface area is 175 Å². The number of hydrogen-bond donors (Lipinski definition) is 4. The first-order valence-corrected chi connectivity index (χ1v) is 10.8. The van der Waals surface area contributed by atoms with Crippen molar-refractivity contribution < 1.29 is 22.4 Å². The van der Waals surface area contributed by atoms with Crippen molar-refractivity contribution in [2.75, 3.05) is 16.0 Å². The normalized spacial score (nSPS) is 11.0. The van der Waals surface area contributed by atoms with Gasteiger partial charge in [-0.05, 0) is 48.5 Å². The van der Waals surface area contributed by atoms with Crippen molar-refractivity contribution in [2.24, 2.45) is 5.14 Å². The number of nitrogens with two attached hydrogens (primary N) is 1. The van der Waals surface area contributed by atoms with E-state index in [0.29, 0.717) is 17.1 Å². The lowest BCUT2D eigenvalue weighted by atomic mass is 10.3. The molecule has 2 aromatic carbocycles. The van der Waals surface area contributed by atoms with Gasteiger partial charge in [-0.3, -0.25) is 10.1 Å². The van der Waals surface area contributed by atoms with Gasteiger partial charge in [0, 0.05) is 16.8 Å². The van der Waals surface area contributed by atoms with E-state index in [4.69, 9.17) is 5.14 Å². The number of carbonyl (C=O) groups is 2. The molecule has 3 rings (SSSR count). The van der Waals surface area contributed by atoms with E-state index in [9.17, 15) is 22.4 Å². The van der Waals surface area contributed by atoms with E-state index in [1.54, 1.807) is 5.38 Å². The second-order valence-electron chi connectivity index (χ2n) is 6.02. The Morgan fingerprint density at radius 2 is 1.57 bits per heavy atom. The number of primary sulfonamides is 1. The Morgan fingerprint density at radius 3 is 2.20 bits per heavy atom. The highest BCUT2D eigenvalue weighted by Crippen LogP contribution is 2.18. The fourth-order valence-corrected chi connectivity index (χ4v) is 3.56. The number of nitrogens with one attached hydrogen (secondary N) is 3. The number of carbonyl (C=O) groups excluding carboxylic acids is 2. The summed E-state index contributed by atoms with van der Waals surface area (Å²) in [5.74, 6) is -0.782. The fraction of sp³-hybridized carbons (Fsp3) is 0.0556. The Balaban J connectivity index is 1.52. The third kappa shape index (κ3) is 6.07. The molecule has 0 fully saturated rings. The molecule has 0 aliphatic heterocycles. The molecule has 3 aromatic rings. The Morgan fingerprint density at radius 1 is 0.967 bits per heavy atom. The Kier molecular flexibility index (Phi) is 6.40. The van der Waals surface area contributed by atoms with E-state index in [-0.39, 0.29) is 22.4 Å². The number of anilines is 3. The monoisotopic (exact) mass is 449 g/mol. The summed E-state index contributed by atoms with van der Waals surface area (Å²) in [6, 6.07) is 10.1. The lowest BCUT2D eigenvalue weighted by Gasteiger charge is -2.05. The van der Waals surface area contributed by atoms with Gasteiger partial charge >= 0.3 is 6.03 Å². The molecule has 9 nitrogen and oxygen atoms in total. The first kappa shape index (κ1) is 21.4. The van der Waals surface area contributed by atoms with Crippen LogP contribution >= 0.6 is 11.3 Å². The van der Waals surface area contributed by atoms with Crippen LogP contribution in [-0.4, -0.2) is 25.3 Å². The van der Waals surface area contributed by atoms with Crippen LogP contribution in [0.1, 0.15) is 5.69 Å². The molecule has 0 atom stereocenters. The number of hydrogen-bond acceptors (Lipinski definition) is 6. The van der Waals surface area contributed by atoms with Gasteiger partial charge in [-0.2, -0.15) is 0 Å². The largest absolute Gasteiger partial charge is 0.326 e. The minimum Gasteiger partial charge on any atom is -0.326 e. The van der Waals surface area contributed by atoms with E-state index in [0.717, 1.165) is 11.3 Å². The molecule has 0 bridgehead atoms. The van der Waals surface area contributed by atoms with Crippen molar-refractivity contribution in [2.45, 2.75) is 11.3 Å². The Hall–Kier alpha value is -3.35. The van der Waals surface area contributed by atoms with Crippen LogP contribution in [0.2, 0.25) is 0 Å². The number of amides is 3. The molecular formula is C18H16FN5O4S2. The summed E-state index contributed by atoms with van der Waals surface area (Å²) in [6.45, 7) is 0. The molecule has 1 aromatic heterocycles. The number of sulfonamides is 1. The van der Waals surface area contributed by atoms with Gasteiger partial charge in [-0.25, -0.2) is 27.7 Å². The van der Waals surface area contributed by atoms with Gasteiger partial charge < -0.3 is 10.6 Å². The van der Waals surface area contributed by atoms with Crippen LogP contribution in [0, 0.1) is 5.82 Å². The van der Waals surface area contributed by atoms with Gasteiger partial charge in [-0.1, -0.05) is 0 Å². The van der Waals surface area contributed by atoms with E-state index in [1.165, 1.54) is 48.5 Å². The summed E-state index contributed by atoms with van der Waals surface area (Å²) in [5, 5.41) is 14.6. The minimum atomic E-state index is -3.80. The summed E-state index contributed by atoms with van der Waals surface area (Å²) < 4.78 is 35.4. The van der Waals surface area contributed by atoms with Crippen molar-refractivity contribution in [3.05, 3.63) is 65.4 Å². The van der Waals surface area contributed by atoms with Crippen LogP contribution in [0.25, 0.3) is 0 Å². The molecule has 0 unspecified atom stereocenters.